The number of hydrogen-bond donors (Lipinski definition) is 1. The standard InChI is InChI=1S/C20H20O5/c1-23-15-7-3-13(4-8-15)19(22)18-17(21)11-12-25-20(18)14-5-9-16(24-2)10-6-14/h3-12,18-20,22H,1-2H3/t18-,19-,20-/m0/s1. The Kier molecular flexibility index (Phi) is 5.05. The van der Waals surface area contributed by atoms with Crippen molar-refractivity contribution in [3.8, 4) is 11.5 Å². The number of aliphatic hydroxyl groups is 1. The highest BCUT2D eigenvalue weighted by atomic mass is 16.5. The minimum atomic E-state index is -0.990. The summed E-state index contributed by atoms with van der Waals surface area (Å²) in [5, 5.41) is 10.8. The normalized spacial score (nSPS) is 20.7. The minimum Gasteiger partial charge on any atom is -0.497 e. The van der Waals surface area contributed by atoms with Crippen LogP contribution in [0, 0.1) is 5.92 Å². The Labute approximate surface area is 146 Å². The predicted octanol–water partition coefficient (Wildman–Crippen LogP) is 3.21. The lowest BCUT2D eigenvalue weighted by molar-refractivity contribution is -0.130. The first-order valence-corrected chi connectivity index (χ1v) is 7.96. The third-order valence-electron chi connectivity index (χ3n) is 4.35. The summed E-state index contributed by atoms with van der Waals surface area (Å²) in [6.45, 7) is 0. The fraction of sp³-hybridized carbons (Fsp3) is 0.250. The fourth-order valence-electron chi connectivity index (χ4n) is 2.95. The highest BCUT2D eigenvalue weighted by Gasteiger charge is 2.38. The SMILES string of the molecule is COc1ccc([C@H](O)[C@@H]2C(=O)C=CO[C@H]2c2ccc(OC)cc2)cc1. The van der Waals surface area contributed by atoms with Gasteiger partial charge in [0.15, 0.2) is 5.78 Å². The lowest BCUT2D eigenvalue weighted by atomic mass is 9.83. The van der Waals surface area contributed by atoms with Gasteiger partial charge in [0.1, 0.15) is 17.6 Å². The lowest BCUT2D eigenvalue weighted by Gasteiger charge is -2.31. The molecule has 0 aromatic heterocycles. The lowest BCUT2D eigenvalue weighted by Crippen LogP contribution is -2.31. The zero-order valence-corrected chi connectivity index (χ0v) is 14.1. The number of aliphatic hydroxyl groups excluding tert-OH is 1. The van der Waals surface area contributed by atoms with Crippen LogP contribution in [-0.2, 0) is 9.53 Å². The molecule has 0 unspecified atom stereocenters. The number of ketones is 1. The van der Waals surface area contributed by atoms with Crippen LogP contribution in [0.5, 0.6) is 11.5 Å². The van der Waals surface area contributed by atoms with Gasteiger partial charge in [0.05, 0.1) is 32.5 Å². The number of carbonyl (C=O) groups is 1. The molecule has 1 aliphatic rings. The molecular formula is C20H20O5. The molecule has 0 radical (unpaired) electrons. The number of carbonyl (C=O) groups excluding carboxylic acids is 1. The van der Waals surface area contributed by atoms with Gasteiger partial charge >= 0.3 is 0 Å². The van der Waals surface area contributed by atoms with E-state index in [9.17, 15) is 9.90 Å². The number of allylic oxidation sites excluding steroid dienone is 1. The molecule has 5 nitrogen and oxygen atoms in total. The summed E-state index contributed by atoms with van der Waals surface area (Å²) in [6.07, 6.45) is 1.18. The topological polar surface area (TPSA) is 65.0 Å². The molecule has 0 saturated heterocycles. The molecule has 0 fully saturated rings. The van der Waals surface area contributed by atoms with Gasteiger partial charge in [-0.25, -0.2) is 0 Å². The van der Waals surface area contributed by atoms with Crippen molar-refractivity contribution in [1.29, 1.82) is 0 Å². The maximum Gasteiger partial charge on any atom is 0.168 e. The Balaban J connectivity index is 1.91. The molecule has 0 bridgehead atoms. The molecule has 0 amide bonds. The zero-order valence-electron chi connectivity index (χ0n) is 14.1. The van der Waals surface area contributed by atoms with E-state index in [0.717, 1.165) is 5.56 Å². The van der Waals surface area contributed by atoms with Gasteiger partial charge in [-0.15, -0.1) is 0 Å². The molecule has 2 aromatic carbocycles. The van der Waals surface area contributed by atoms with E-state index in [2.05, 4.69) is 0 Å². The Hall–Kier alpha value is -2.79. The maximum absolute atomic E-state index is 12.5. The molecule has 0 spiro atoms. The van der Waals surface area contributed by atoms with Gasteiger partial charge in [-0.1, -0.05) is 24.3 Å². The van der Waals surface area contributed by atoms with E-state index in [1.54, 1.807) is 50.6 Å². The van der Waals surface area contributed by atoms with Crippen LogP contribution in [0.3, 0.4) is 0 Å². The monoisotopic (exact) mass is 340 g/mol. The van der Waals surface area contributed by atoms with Crippen molar-refractivity contribution in [3.63, 3.8) is 0 Å². The van der Waals surface area contributed by atoms with Gasteiger partial charge in [-0.3, -0.25) is 4.79 Å². The first kappa shape index (κ1) is 17.0. The van der Waals surface area contributed by atoms with Crippen LogP contribution in [0.25, 0.3) is 0 Å². The minimum absolute atomic E-state index is 0.171. The fourth-order valence-corrected chi connectivity index (χ4v) is 2.95. The van der Waals surface area contributed by atoms with Crippen LogP contribution in [0.1, 0.15) is 23.3 Å². The van der Waals surface area contributed by atoms with Crippen molar-refractivity contribution in [2.24, 2.45) is 5.92 Å². The summed E-state index contributed by atoms with van der Waals surface area (Å²) in [5.74, 6) is 0.504. The van der Waals surface area contributed by atoms with Gasteiger partial charge in [0.2, 0.25) is 0 Å². The second-order valence-electron chi connectivity index (χ2n) is 5.78. The van der Waals surface area contributed by atoms with E-state index < -0.39 is 18.1 Å². The Morgan fingerprint density at radius 2 is 1.52 bits per heavy atom. The third kappa shape index (κ3) is 3.51. The van der Waals surface area contributed by atoms with Crippen LogP contribution in [0.2, 0.25) is 0 Å². The van der Waals surface area contributed by atoms with Crippen molar-refractivity contribution in [2.75, 3.05) is 14.2 Å². The largest absolute Gasteiger partial charge is 0.497 e. The van der Waals surface area contributed by atoms with E-state index in [0.29, 0.717) is 17.1 Å². The third-order valence-corrected chi connectivity index (χ3v) is 4.35. The first-order valence-electron chi connectivity index (χ1n) is 7.96. The van der Waals surface area contributed by atoms with Crippen molar-refractivity contribution in [2.45, 2.75) is 12.2 Å². The Bertz CT molecular complexity index is 749. The molecule has 25 heavy (non-hydrogen) atoms. The van der Waals surface area contributed by atoms with Crippen LogP contribution in [0.15, 0.2) is 60.9 Å². The number of methoxy groups -OCH3 is 2. The van der Waals surface area contributed by atoms with E-state index in [1.807, 2.05) is 12.1 Å². The first-order chi connectivity index (χ1) is 12.1. The molecule has 130 valence electrons. The smallest absolute Gasteiger partial charge is 0.168 e. The van der Waals surface area contributed by atoms with E-state index in [1.165, 1.54) is 12.3 Å². The Morgan fingerprint density at radius 1 is 0.960 bits per heavy atom. The second kappa shape index (κ2) is 7.40. The number of rotatable bonds is 5. The summed E-state index contributed by atoms with van der Waals surface area (Å²) >= 11 is 0. The molecule has 1 aliphatic heterocycles. The van der Waals surface area contributed by atoms with E-state index >= 15 is 0 Å². The van der Waals surface area contributed by atoms with Crippen molar-refractivity contribution in [3.05, 3.63) is 72.0 Å². The number of benzene rings is 2. The summed E-state index contributed by atoms with van der Waals surface area (Å²) in [7, 11) is 3.17. The van der Waals surface area contributed by atoms with Gasteiger partial charge in [0, 0.05) is 6.08 Å². The van der Waals surface area contributed by atoms with Crippen LogP contribution < -0.4 is 9.47 Å². The second-order valence-corrected chi connectivity index (χ2v) is 5.78. The quantitative estimate of drug-likeness (QED) is 0.905. The highest BCUT2D eigenvalue weighted by Crippen LogP contribution is 2.39. The molecule has 3 rings (SSSR count). The molecule has 0 aliphatic carbocycles. The molecule has 5 heteroatoms. The predicted molar refractivity (Wildman–Crippen MR) is 92.4 cm³/mol. The van der Waals surface area contributed by atoms with Crippen molar-refractivity contribution < 1.29 is 24.1 Å². The van der Waals surface area contributed by atoms with Crippen LogP contribution in [-0.4, -0.2) is 25.1 Å². The molecule has 1 N–H and O–H groups in total. The van der Waals surface area contributed by atoms with Gasteiger partial charge in [-0.05, 0) is 35.4 Å². The summed E-state index contributed by atoms with van der Waals surface area (Å²) in [6, 6.07) is 14.3. The van der Waals surface area contributed by atoms with Crippen molar-refractivity contribution >= 4 is 5.78 Å². The summed E-state index contributed by atoms with van der Waals surface area (Å²) in [5.41, 5.74) is 1.44. The number of hydrogen-bond acceptors (Lipinski definition) is 5. The average Bonchev–Trinajstić information content (AvgIpc) is 2.67. The van der Waals surface area contributed by atoms with E-state index in [4.69, 9.17) is 14.2 Å². The molecular weight excluding hydrogens is 320 g/mol. The van der Waals surface area contributed by atoms with E-state index in [-0.39, 0.29) is 5.78 Å². The maximum atomic E-state index is 12.5. The van der Waals surface area contributed by atoms with Crippen molar-refractivity contribution in [1.82, 2.24) is 0 Å². The zero-order chi connectivity index (χ0) is 17.8. The van der Waals surface area contributed by atoms with Crippen LogP contribution in [0.4, 0.5) is 0 Å². The van der Waals surface area contributed by atoms with Gasteiger partial charge in [-0.2, -0.15) is 0 Å². The van der Waals surface area contributed by atoms with Gasteiger partial charge < -0.3 is 19.3 Å². The number of ether oxygens (including phenoxy) is 3. The Morgan fingerprint density at radius 3 is 2.08 bits per heavy atom. The molecule has 2 aromatic rings. The average molecular weight is 340 g/mol. The van der Waals surface area contributed by atoms with Gasteiger partial charge in [0.25, 0.3) is 0 Å². The van der Waals surface area contributed by atoms with Crippen LogP contribution >= 0.6 is 0 Å². The molecule has 0 saturated carbocycles. The molecule has 1 heterocycles. The highest BCUT2D eigenvalue weighted by molar-refractivity contribution is 5.93. The summed E-state index contributed by atoms with van der Waals surface area (Å²) in [4.78, 5) is 12.5. The summed E-state index contributed by atoms with van der Waals surface area (Å²) < 4.78 is 16.0. The molecule has 3 atom stereocenters.